The quantitative estimate of drug-likeness (QED) is 0.383. The van der Waals surface area contributed by atoms with Crippen molar-refractivity contribution < 1.29 is 14.2 Å². The van der Waals surface area contributed by atoms with Crippen LogP contribution in [0.3, 0.4) is 0 Å². The summed E-state index contributed by atoms with van der Waals surface area (Å²) in [6.07, 6.45) is 7.45. The molecule has 0 aromatic rings. The number of likely N-dealkylation sites (tertiary alicyclic amines) is 1. The Hall–Kier alpha value is -0.160. The molecule has 1 heterocycles. The highest BCUT2D eigenvalue weighted by atomic mass is 16.5. The zero-order chi connectivity index (χ0) is 19.4. The fourth-order valence-electron chi connectivity index (χ4n) is 3.03. The Morgan fingerprint density at radius 1 is 0.808 bits per heavy atom. The van der Waals surface area contributed by atoms with Crippen molar-refractivity contribution in [2.75, 3.05) is 39.5 Å². The van der Waals surface area contributed by atoms with Crippen LogP contribution in [0.15, 0.2) is 0 Å². The van der Waals surface area contributed by atoms with E-state index in [1.807, 2.05) is 0 Å². The number of hydrogen-bond acceptors (Lipinski definition) is 4. The smallest absolute Gasteiger partial charge is 0.0828 e. The van der Waals surface area contributed by atoms with Crippen LogP contribution in [-0.2, 0) is 14.2 Å². The van der Waals surface area contributed by atoms with Crippen molar-refractivity contribution in [3.05, 3.63) is 0 Å². The molecule has 1 rings (SSSR count). The molecule has 0 bridgehead atoms. The molecule has 0 aromatic heterocycles. The predicted octanol–water partition coefficient (Wildman–Crippen LogP) is 4.90. The van der Waals surface area contributed by atoms with Gasteiger partial charge < -0.3 is 14.2 Å². The average Bonchev–Trinajstić information content (AvgIpc) is 2.51. The zero-order valence-corrected chi connectivity index (χ0v) is 18.4. The summed E-state index contributed by atoms with van der Waals surface area (Å²) in [6.45, 7) is 19.0. The van der Waals surface area contributed by atoms with Crippen LogP contribution in [-0.4, -0.2) is 62.2 Å². The van der Waals surface area contributed by atoms with Crippen molar-refractivity contribution >= 4 is 0 Å². The van der Waals surface area contributed by atoms with Crippen LogP contribution in [0, 0.1) is 5.92 Å². The van der Waals surface area contributed by atoms with Crippen LogP contribution < -0.4 is 0 Å². The normalized spacial score (nSPS) is 17.7. The maximum Gasteiger partial charge on any atom is 0.0828 e. The number of nitrogens with zero attached hydrogens (tertiary/aromatic N) is 1. The van der Waals surface area contributed by atoms with E-state index in [1.54, 1.807) is 0 Å². The van der Waals surface area contributed by atoms with Gasteiger partial charge in [-0.05, 0) is 72.1 Å². The molecule has 1 aliphatic rings. The molecule has 1 atom stereocenters. The maximum absolute atomic E-state index is 5.95. The van der Waals surface area contributed by atoms with Gasteiger partial charge in [0.2, 0.25) is 0 Å². The van der Waals surface area contributed by atoms with Gasteiger partial charge in [-0.2, -0.15) is 0 Å². The lowest BCUT2D eigenvalue weighted by atomic mass is 10.00. The van der Waals surface area contributed by atoms with Gasteiger partial charge in [0.05, 0.1) is 11.7 Å². The second-order valence-electron chi connectivity index (χ2n) is 9.13. The van der Waals surface area contributed by atoms with E-state index in [2.05, 4.69) is 46.4 Å². The minimum Gasteiger partial charge on any atom is -0.381 e. The first kappa shape index (κ1) is 23.9. The molecule has 4 heteroatoms. The molecule has 156 valence electrons. The Kier molecular flexibility index (Phi) is 12.0. The Bertz CT molecular complexity index is 335. The van der Waals surface area contributed by atoms with E-state index in [0.717, 1.165) is 71.1 Å². The molecule has 1 saturated heterocycles. The van der Waals surface area contributed by atoms with E-state index in [0.29, 0.717) is 12.1 Å². The molecule has 1 fully saturated rings. The van der Waals surface area contributed by atoms with Crippen LogP contribution >= 0.6 is 0 Å². The molecule has 0 aromatic carbocycles. The van der Waals surface area contributed by atoms with Gasteiger partial charge in [-0.3, -0.25) is 4.90 Å². The molecule has 0 unspecified atom stereocenters. The van der Waals surface area contributed by atoms with Gasteiger partial charge in [0, 0.05) is 45.6 Å². The minimum absolute atomic E-state index is 0.00919. The number of rotatable bonds is 15. The highest BCUT2D eigenvalue weighted by Crippen LogP contribution is 2.20. The Balaban J connectivity index is 1.76. The Labute approximate surface area is 162 Å². The number of ether oxygens (including phenoxy) is 3. The van der Waals surface area contributed by atoms with Crippen LogP contribution in [0.25, 0.3) is 0 Å². The molecule has 26 heavy (non-hydrogen) atoms. The standard InChI is InChI=1S/C22H45NO3/c1-19(2)20(3)23-17-21(18-23)25-15-11-7-9-13-24-14-10-8-12-16-26-22(4,5)6/h19-21H,7-18H2,1-6H3/t20-/m0/s1. The molecule has 0 N–H and O–H groups in total. The van der Waals surface area contributed by atoms with Gasteiger partial charge in [0.25, 0.3) is 0 Å². The van der Waals surface area contributed by atoms with E-state index >= 15 is 0 Å². The monoisotopic (exact) mass is 371 g/mol. The molecular formula is C22H45NO3. The molecular weight excluding hydrogens is 326 g/mol. The van der Waals surface area contributed by atoms with E-state index in [-0.39, 0.29) is 5.60 Å². The van der Waals surface area contributed by atoms with Gasteiger partial charge >= 0.3 is 0 Å². The third-order valence-corrected chi connectivity index (χ3v) is 5.17. The fraction of sp³-hybridized carbons (Fsp3) is 1.00. The molecule has 0 radical (unpaired) electrons. The summed E-state index contributed by atoms with van der Waals surface area (Å²) in [4.78, 5) is 2.53. The van der Waals surface area contributed by atoms with Crippen molar-refractivity contribution in [3.8, 4) is 0 Å². The lowest BCUT2D eigenvalue weighted by molar-refractivity contribution is -0.0766. The largest absolute Gasteiger partial charge is 0.381 e. The molecule has 0 aliphatic carbocycles. The van der Waals surface area contributed by atoms with E-state index in [1.165, 1.54) is 12.8 Å². The summed E-state index contributed by atoms with van der Waals surface area (Å²) in [5.74, 6) is 0.729. The highest BCUT2D eigenvalue weighted by Gasteiger charge is 2.31. The fourth-order valence-corrected chi connectivity index (χ4v) is 3.03. The van der Waals surface area contributed by atoms with Gasteiger partial charge in [0.1, 0.15) is 0 Å². The highest BCUT2D eigenvalue weighted by molar-refractivity contribution is 4.85. The van der Waals surface area contributed by atoms with Crippen molar-refractivity contribution in [3.63, 3.8) is 0 Å². The summed E-state index contributed by atoms with van der Waals surface area (Å²) in [7, 11) is 0. The topological polar surface area (TPSA) is 30.9 Å². The lowest BCUT2D eigenvalue weighted by Gasteiger charge is -2.44. The predicted molar refractivity (Wildman–Crippen MR) is 110 cm³/mol. The number of hydrogen-bond donors (Lipinski definition) is 0. The number of unbranched alkanes of at least 4 members (excludes halogenated alkanes) is 4. The second kappa shape index (κ2) is 13.1. The van der Waals surface area contributed by atoms with Crippen LogP contribution in [0.4, 0.5) is 0 Å². The average molecular weight is 372 g/mol. The first-order valence-electron chi connectivity index (χ1n) is 10.9. The first-order valence-corrected chi connectivity index (χ1v) is 10.9. The van der Waals surface area contributed by atoms with Crippen LogP contribution in [0.1, 0.15) is 80.1 Å². The van der Waals surface area contributed by atoms with Crippen molar-refractivity contribution in [1.82, 2.24) is 4.90 Å². The van der Waals surface area contributed by atoms with Crippen molar-refractivity contribution in [2.24, 2.45) is 5.92 Å². The van der Waals surface area contributed by atoms with Crippen LogP contribution in [0.2, 0.25) is 0 Å². The summed E-state index contributed by atoms with van der Waals surface area (Å²) in [6, 6.07) is 0.679. The molecule has 0 amide bonds. The minimum atomic E-state index is -0.00919. The summed E-state index contributed by atoms with van der Waals surface area (Å²) in [5.41, 5.74) is -0.00919. The van der Waals surface area contributed by atoms with Gasteiger partial charge in [-0.1, -0.05) is 13.8 Å². The second-order valence-corrected chi connectivity index (χ2v) is 9.13. The maximum atomic E-state index is 5.95. The molecule has 0 saturated carbocycles. The summed E-state index contributed by atoms with van der Waals surface area (Å²) < 4.78 is 17.4. The molecule has 4 nitrogen and oxygen atoms in total. The Morgan fingerprint density at radius 2 is 1.35 bits per heavy atom. The van der Waals surface area contributed by atoms with E-state index in [4.69, 9.17) is 14.2 Å². The molecule has 1 aliphatic heterocycles. The lowest BCUT2D eigenvalue weighted by Crippen LogP contribution is -2.57. The SMILES string of the molecule is CC(C)[C@H](C)N1CC(OCCCCCOCCCCCOC(C)(C)C)C1. The van der Waals surface area contributed by atoms with E-state index in [9.17, 15) is 0 Å². The first-order chi connectivity index (χ1) is 12.3. The van der Waals surface area contributed by atoms with Gasteiger partial charge in [0.15, 0.2) is 0 Å². The summed E-state index contributed by atoms with van der Waals surface area (Å²) in [5, 5.41) is 0. The van der Waals surface area contributed by atoms with E-state index < -0.39 is 0 Å². The molecule has 0 spiro atoms. The summed E-state index contributed by atoms with van der Waals surface area (Å²) >= 11 is 0. The third kappa shape index (κ3) is 11.5. The third-order valence-electron chi connectivity index (χ3n) is 5.17. The van der Waals surface area contributed by atoms with Crippen LogP contribution in [0.5, 0.6) is 0 Å². The van der Waals surface area contributed by atoms with Gasteiger partial charge in [-0.25, -0.2) is 0 Å². The Morgan fingerprint density at radius 3 is 1.88 bits per heavy atom. The van der Waals surface area contributed by atoms with Gasteiger partial charge in [-0.15, -0.1) is 0 Å². The zero-order valence-electron chi connectivity index (χ0n) is 18.4. The van der Waals surface area contributed by atoms with Crippen molar-refractivity contribution in [1.29, 1.82) is 0 Å². The van der Waals surface area contributed by atoms with Crippen molar-refractivity contribution in [2.45, 2.75) is 97.8 Å².